The van der Waals surface area contributed by atoms with Gasteiger partial charge in [-0.1, -0.05) is 6.92 Å². The number of anilines is 1. The van der Waals surface area contributed by atoms with Crippen molar-refractivity contribution in [2.45, 2.75) is 70.7 Å². The quantitative estimate of drug-likeness (QED) is 0.173. The molecule has 5 amide bonds. The first-order chi connectivity index (χ1) is 23.7. The van der Waals surface area contributed by atoms with Gasteiger partial charge in [-0.05, 0) is 74.4 Å². The third-order valence-corrected chi connectivity index (χ3v) is 9.28. The van der Waals surface area contributed by atoms with E-state index >= 15 is 0 Å². The Morgan fingerprint density at radius 1 is 1.10 bits per heavy atom. The lowest BCUT2D eigenvalue weighted by Gasteiger charge is -2.53. The van der Waals surface area contributed by atoms with Crippen LogP contribution in [-0.2, 0) is 30.5 Å². The minimum absolute atomic E-state index is 0.105. The van der Waals surface area contributed by atoms with Gasteiger partial charge in [0.25, 0.3) is 17.4 Å². The number of nitrogens with one attached hydrogen (secondary N) is 5. The van der Waals surface area contributed by atoms with Crippen molar-refractivity contribution >= 4 is 52.0 Å². The Morgan fingerprint density at radius 2 is 1.88 bits per heavy atom. The van der Waals surface area contributed by atoms with Gasteiger partial charge in [0.05, 0.1) is 18.0 Å². The van der Waals surface area contributed by atoms with Crippen molar-refractivity contribution in [1.29, 1.82) is 0 Å². The number of furan rings is 1. The van der Waals surface area contributed by atoms with Gasteiger partial charge in [-0.3, -0.25) is 38.5 Å². The number of amides is 5. The molecule has 1 aromatic carbocycles. The Balaban J connectivity index is 1.27. The van der Waals surface area contributed by atoms with E-state index in [9.17, 15) is 33.6 Å². The van der Waals surface area contributed by atoms with Gasteiger partial charge in [-0.2, -0.15) is 0 Å². The summed E-state index contributed by atoms with van der Waals surface area (Å²) >= 11 is 0. The zero-order chi connectivity index (χ0) is 36.2. The number of nitrogens with zero attached hydrogens (tertiary/aromatic N) is 2. The molecule has 6 atom stereocenters. The third kappa shape index (κ3) is 8.45. The van der Waals surface area contributed by atoms with Crippen molar-refractivity contribution in [3.63, 3.8) is 0 Å². The van der Waals surface area contributed by atoms with Crippen LogP contribution in [0, 0.1) is 11.8 Å². The summed E-state index contributed by atoms with van der Waals surface area (Å²) in [7, 11) is 1.31. The van der Waals surface area contributed by atoms with Crippen LogP contribution in [0.5, 0.6) is 0 Å². The molecule has 266 valence electrons. The standard InChI is InChI=1S/C35H43N7O8/c1-20-14-22-16-35(3,40-21(2)43)19-42(17-22)30(20)39-29(45)18-41-12-5-6-26(34(41)49)38-32(47)25(8-9-27(44)33(48)36-4)37-31(46)24-7-10-28-23(15-24)11-13-50-28/h5-7,10-13,15,20,22,25,30H,8-9,14,16-19H2,1-4H3,(H,36,48)(H,37,46)(H,38,47)(H,39,45)(H,40,43)/t20?,22?,25-,30?,35?/m0/s1. The highest BCUT2D eigenvalue weighted by Gasteiger charge is 2.45. The van der Waals surface area contributed by atoms with Gasteiger partial charge in [-0.25, -0.2) is 0 Å². The Morgan fingerprint density at radius 3 is 2.62 bits per heavy atom. The van der Waals surface area contributed by atoms with Crippen molar-refractivity contribution in [2.24, 2.45) is 11.8 Å². The zero-order valence-electron chi connectivity index (χ0n) is 28.5. The number of benzene rings is 1. The number of pyridine rings is 1. The number of fused-ring (bicyclic) bond motifs is 3. The van der Waals surface area contributed by atoms with Crippen molar-refractivity contribution in [1.82, 2.24) is 30.7 Å². The summed E-state index contributed by atoms with van der Waals surface area (Å²) in [6, 6.07) is 7.97. The van der Waals surface area contributed by atoms with Crippen LogP contribution in [0.1, 0.15) is 56.8 Å². The molecule has 2 aliphatic rings. The van der Waals surface area contributed by atoms with Crippen molar-refractivity contribution in [3.8, 4) is 0 Å². The molecule has 2 bridgehead atoms. The van der Waals surface area contributed by atoms with E-state index < -0.39 is 46.6 Å². The van der Waals surface area contributed by atoms with E-state index in [-0.39, 0.29) is 48.6 Å². The van der Waals surface area contributed by atoms with Crippen molar-refractivity contribution in [3.05, 3.63) is 64.8 Å². The van der Waals surface area contributed by atoms with Gasteiger partial charge in [0.1, 0.15) is 23.9 Å². The van der Waals surface area contributed by atoms with Crippen molar-refractivity contribution < 1.29 is 33.2 Å². The van der Waals surface area contributed by atoms with Gasteiger partial charge in [-0.15, -0.1) is 0 Å². The van der Waals surface area contributed by atoms with Gasteiger partial charge in [0.2, 0.25) is 23.5 Å². The molecular weight excluding hydrogens is 646 g/mol. The molecule has 0 aliphatic carbocycles. The summed E-state index contributed by atoms with van der Waals surface area (Å²) in [5.41, 5.74) is -0.408. The average Bonchev–Trinajstić information content (AvgIpc) is 3.53. The molecule has 50 heavy (non-hydrogen) atoms. The number of hydrogen-bond donors (Lipinski definition) is 5. The van der Waals surface area contributed by atoms with Crippen LogP contribution in [0.15, 0.2) is 58.1 Å². The molecule has 4 heterocycles. The van der Waals surface area contributed by atoms with Gasteiger partial charge >= 0.3 is 0 Å². The Labute approximate surface area is 288 Å². The molecular formula is C35H43N7O8. The van der Waals surface area contributed by atoms with E-state index in [2.05, 4.69) is 38.4 Å². The van der Waals surface area contributed by atoms with Crippen LogP contribution in [0.3, 0.4) is 0 Å². The maximum Gasteiger partial charge on any atom is 0.287 e. The highest BCUT2D eigenvalue weighted by Crippen LogP contribution is 2.37. The topological polar surface area (TPSA) is 201 Å². The number of carbonyl (C=O) groups is 6. The first kappa shape index (κ1) is 36.0. The lowest BCUT2D eigenvalue weighted by Crippen LogP contribution is -2.67. The minimum Gasteiger partial charge on any atom is -0.464 e. The van der Waals surface area contributed by atoms with Gasteiger partial charge in [0, 0.05) is 50.6 Å². The summed E-state index contributed by atoms with van der Waals surface area (Å²) in [5.74, 6) is -3.00. The smallest absolute Gasteiger partial charge is 0.287 e. The molecule has 2 saturated heterocycles. The molecule has 2 aromatic heterocycles. The molecule has 2 aliphatic heterocycles. The predicted molar refractivity (Wildman–Crippen MR) is 183 cm³/mol. The molecule has 5 N–H and O–H groups in total. The predicted octanol–water partition coefficient (Wildman–Crippen LogP) is 1.13. The largest absolute Gasteiger partial charge is 0.464 e. The number of rotatable bonds is 12. The number of carbonyl (C=O) groups excluding carboxylic acids is 6. The number of piperidine rings is 2. The van der Waals surface area contributed by atoms with Crippen LogP contribution < -0.4 is 32.1 Å². The molecule has 2 fully saturated rings. The second kappa shape index (κ2) is 15.1. The van der Waals surface area contributed by atoms with Crippen LogP contribution in [0.4, 0.5) is 5.69 Å². The fraction of sp³-hybridized carbons (Fsp3) is 0.457. The lowest BCUT2D eigenvalue weighted by atomic mass is 9.75. The van der Waals surface area contributed by atoms with Crippen LogP contribution in [0.2, 0.25) is 0 Å². The van der Waals surface area contributed by atoms with E-state index in [1.165, 1.54) is 49.2 Å². The molecule has 0 radical (unpaired) electrons. The third-order valence-electron chi connectivity index (χ3n) is 9.28. The summed E-state index contributed by atoms with van der Waals surface area (Å²) in [6.07, 6.45) is 3.79. The minimum atomic E-state index is -1.29. The highest BCUT2D eigenvalue weighted by molar-refractivity contribution is 6.36. The molecule has 0 spiro atoms. The van der Waals surface area contributed by atoms with E-state index in [1.807, 2.05) is 6.92 Å². The van der Waals surface area contributed by atoms with Crippen LogP contribution in [-0.4, -0.2) is 82.7 Å². The Kier molecular flexibility index (Phi) is 10.8. The Hall–Kier alpha value is -5.31. The lowest BCUT2D eigenvalue weighted by molar-refractivity contribution is -0.137. The number of ketones is 1. The second-order valence-electron chi connectivity index (χ2n) is 13.6. The van der Waals surface area contributed by atoms with Gasteiger partial charge in [0.15, 0.2) is 0 Å². The molecule has 15 nitrogen and oxygen atoms in total. The second-order valence-corrected chi connectivity index (χ2v) is 13.6. The average molecular weight is 690 g/mol. The SMILES string of the molecule is CNC(=O)C(=O)CC[C@H](NC(=O)c1ccc2occc2c1)C(=O)Nc1cccn(CC(=O)NC2C(C)CC3CN2CC(C)(NC(C)=O)C3)c1=O. The molecule has 0 saturated carbocycles. The summed E-state index contributed by atoms with van der Waals surface area (Å²) in [5, 5.41) is 14.2. The summed E-state index contributed by atoms with van der Waals surface area (Å²) < 4.78 is 6.48. The monoisotopic (exact) mass is 689 g/mol. The number of hydrogen-bond acceptors (Lipinski definition) is 9. The first-order valence-electron chi connectivity index (χ1n) is 16.6. The fourth-order valence-electron chi connectivity index (χ4n) is 7.23. The summed E-state index contributed by atoms with van der Waals surface area (Å²) in [6.45, 7) is 6.62. The van der Waals surface area contributed by atoms with E-state index in [0.29, 0.717) is 23.4 Å². The normalized spacial score (nSPS) is 23.3. The number of aromatic nitrogens is 1. The maximum atomic E-state index is 13.5. The highest BCUT2D eigenvalue weighted by atomic mass is 16.3. The van der Waals surface area contributed by atoms with E-state index in [1.54, 1.807) is 18.2 Å². The molecule has 15 heteroatoms. The van der Waals surface area contributed by atoms with E-state index in [0.717, 1.165) is 19.4 Å². The van der Waals surface area contributed by atoms with Crippen LogP contribution >= 0.6 is 0 Å². The number of Topliss-reactive ketones (excluding diaryl/α,β-unsaturated/α-hetero) is 1. The maximum absolute atomic E-state index is 13.5. The molecule has 3 aromatic rings. The Bertz CT molecular complexity index is 1870. The fourth-order valence-corrected chi connectivity index (χ4v) is 7.23. The van der Waals surface area contributed by atoms with Crippen LogP contribution in [0.25, 0.3) is 11.0 Å². The van der Waals surface area contributed by atoms with Gasteiger partial charge < -0.3 is 35.6 Å². The first-order valence-corrected chi connectivity index (χ1v) is 16.6. The molecule has 5 unspecified atom stereocenters. The summed E-state index contributed by atoms with van der Waals surface area (Å²) in [4.78, 5) is 91.5. The van der Waals surface area contributed by atoms with Crippen molar-refractivity contribution in [2.75, 3.05) is 25.5 Å². The van der Waals surface area contributed by atoms with E-state index in [4.69, 9.17) is 4.42 Å². The molecule has 5 rings (SSSR count). The zero-order valence-corrected chi connectivity index (χ0v) is 28.5. The number of likely N-dealkylation sites (N-methyl/N-ethyl adjacent to an activating group) is 1.